The van der Waals surface area contributed by atoms with E-state index in [1.165, 1.54) is 29.5 Å². The standard InChI is InChI=1S/C18H16FN3O2S/c1-2-4-16(23)22-18-21-14-8-7-13(10-15(14)25-18)20-17(24)11-5-3-6-12(19)9-11/h3,5-10H,2,4H2,1H3,(H,20,24)(H,21,22,23). The topological polar surface area (TPSA) is 71.1 Å². The maximum atomic E-state index is 13.2. The van der Waals surface area contributed by atoms with Crippen molar-refractivity contribution in [3.63, 3.8) is 0 Å². The zero-order valence-electron chi connectivity index (χ0n) is 13.5. The molecule has 2 N–H and O–H groups in total. The van der Waals surface area contributed by atoms with Crippen LogP contribution in [-0.4, -0.2) is 16.8 Å². The number of aromatic nitrogens is 1. The fraction of sp³-hybridized carbons (Fsp3) is 0.167. The van der Waals surface area contributed by atoms with E-state index in [9.17, 15) is 14.0 Å². The summed E-state index contributed by atoms with van der Waals surface area (Å²) in [6.45, 7) is 1.94. The van der Waals surface area contributed by atoms with E-state index >= 15 is 0 Å². The van der Waals surface area contributed by atoms with Gasteiger partial charge in [0.05, 0.1) is 10.2 Å². The van der Waals surface area contributed by atoms with E-state index in [1.54, 1.807) is 24.3 Å². The average Bonchev–Trinajstić information content (AvgIpc) is 2.96. The maximum absolute atomic E-state index is 13.2. The third-order valence-corrected chi connectivity index (χ3v) is 4.39. The molecule has 0 aliphatic heterocycles. The van der Waals surface area contributed by atoms with E-state index in [0.717, 1.165) is 16.6 Å². The molecule has 0 radical (unpaired) electrons. The van der Waals surface area contributed by atoms with Gasteiger partial charge < -0.3 is 10.6 Å². The van der Waals surface area contributed by atoms with Gasteiger partial charge in [0.15, 0.2) is 5.13 Å². The zero-order chi connectivity index (χ0) is 17.8. The van der Waals surface area contributed by atoms with E-state index in [2.05, 4.69) is 15.6 Å². The quantitative estimate of drug-likeness (QED) is 0.710. The van der Waals surface area contributed by atoms with Crippen molar-refractivity contribution < 1.29 is 14.0 Å². The summed E-state index contributed by atoms with van der Waals surface area (Å²) >= 11 is 1.34. The van der Waals surface area contributed by atoms with Gasteiger partial charge in [-0.15, -0.1) is 0 Å². The van der Waals surface area contributed by atoms with Crippen LogP contribution < -0.4 is 10.6 Å². The molecule has 0 saturated heterocycles. The van der Waals surface area contributed by atoms with Crippen LogP contribution >= 0.6 is 11.3 Å². The van der Waals surface area contributed by atoms with Crippen LogP contribution in [0.1, 0.15) is 30.1 Å². The fourth-order valence-electron chi connectivity index (χ4n) is 2.30. The highest BCUT2D eigenvalue weighted by Crippen LogP contribution is 2.28. The minimum atomic E-state index is -0.460. The van der Waals surface area contributed by atoms with Crippen molar-refractivity contribution in [2.24, 2.45) is 0 Å². The van der Waals surface area contributed by atoms with Crippen molar-refractivity contribution in [3.8, 4) is 0 Å². The summed E-state index contributed by atoms with van der Waals surface area (Å²) in [6, 6.07) is 10.8. The molecule has 7 heteroatoms. The van der Waals surface area contributed by atoms with Crippen LogP contribution in [0.25, 0.3) is 10.2 Å². The lowest BCUT2D eigenvalue weighted by Gasteiger charge is -2.05. The van der Waals surface area contributed by atoms with Crippen molar-refractivity contribution in [1.82, 2.24) is 4.98 Å². The largest absolute Gasteiger partial charge is 0.322 e. The Labute approximate surface area is 147 Å². The predicted octanol–water partition coefficient (Wildman–Crippen LogP) is 4.43. The number of benzene rings is 2. The first-order chi connectivity index (χ1) is 12.0. The van der Waals surface area contributed by atoms with Crippen LogP contribution in [0.2, 0.25) is 0 Å². The summed E-state index contributed by atoms with van der Waals surface area (Å²) in [6.07, 6.45) is 1.22. The zero-order valence-corrected chi connectivity index (χ0v) is 14.3. The van der Waals surface area contributed by atoms with E-state index in [0.29, 0.717) is 17.2 Å². The van der Waals surface area contributed by atoms with Crippen molar-refractivity contribution in [2.75, 3.05) is 10.6 Å². The minimum Gasteiger partial charge on any atom is -0.322 e. The Balaban J connectivity index is 1.76. The number of carbonyl (C=O) groups is 2. The SMILES string of the molecule is CCCC(=O)Nc1nc2ccc(NC(=O)c3cccc(F)c3)cc2s1. The monoisotopic (exact) mass is 357 g/mol. The van der Waals surface area contributed by atoms with Crippen LogP contribution in [0.4, 0.5) is 15.2 Å². The maximum Gasteiger partial charge on any atom is 0.255 e. The lowest BCUT2D eigenvalue weighted by molar-refractivity contribution is -0.116. The van der Waals surface area contributed by atoms with Gasteiger partial charge in [0.2, 0.25) is 5.91 Å². The van der Waals surface area contributed by atoms with Gasteiger partial charge in [0.25, 0.3) is 5.91 Å². The molecule has 128 valence electrons. The lowest BCUT2D eigenvalue weighted by Crippen LogP contribution is -2.11. The van der Waals surface area contributed by atoms with Gasteiger partial charge in [-0.1, -0.05) is 24.3 Å². The Morgan fingerprint density at radius 2 is 2.00 bits per heavy atom. The minimum absolute atomic E-state index is 0.0683. The molecule has 3 rings (SSSR count). The number of nitrogens with one attached hydrogen (secondary N) is 2. The molecule has 0 atom stereocenters. The highest BCUT2D eigenvalue weighted by atomic mass is 32.1. The number of hydrogen-bond acceptors (Lipinski definition) is 4. The van der Waals surface area contributed by atoms with E-state index < -0.39 is 5.82 Å². The molecule has 0 unspecified atom stereocenters. The molecule has 25 heavy (non-hydrogen) atoms. The molecule has 0 saturated carbocycles. The highest BCUT2D eigenvalue weighted by Gasteiger charge is 2.10. The number of nitrogens with zero attached hydrogens (tertiary/aromatic N) is 1. The van der Waals surface area contributed by atoms with Gasteiger partial charge in [-0.2, -0.15) is 0 Å². The van der Waals surface area contributed by atoms with Crippen LogP contribution in [0.15, 0.2) is 42.5 Å². The van der Waals surface area contributed by atoms with Crippen LogP contribution in [0, 0.1) is 5.82 Å². The molecule has 1 aromatic heterocycles. The van der Waals surface area contributed by atoms with Crippen molar-refractivity contribution in [1.29, 1.82) is 0 Å². The van der Waals surface area contributed by atoms with Gasteiger partial charge in [0, 0.05) is 17.7 Å². The third-order valence-electron chi connectivity index (χ3n) is 3.46. The molecule has 5 nitrogen and oxygen atoms in total. The summed E-state index contributed by atoms with van der Waals surface area (Å²) in [5, 5.41) is 6.03. The Morgan fingerprint density at radius 1 is 1.16 bits per heavy atom. The Kier molecular flexibility index (Phi) is 5.04. The Morgan fingerprint density at radius 3 is 2.76 bits per heavy atom. The second-order valence-corrected chi connectivity index (χ2v) is 6.49. The van der Waals surface area contributed by atoms with Crippen molar-refractivity contribution in [2.45, 2.75) is 19.8 Å². The molecular formula is C18H16FN3O2S. The number of halogens is 1. The summed E-state index contributed by atoms with van der Waals surface area (Å²) in [5.74, 6) is -0.918. The van der Waals surface area contributed by atoms with Crippen LogP contribution in [-0.2, 0) is 4.79 Å². The summed E-state index contributed by atoms with van der Waals surface area (Å²) in [7, 11) is 0. The molecule has 0 aliphatic carbocycles. The molecule has 3 aromatic rings. The number of carbonyl (C=O) groups excluding carboxylic acids is 2. The molecule has 2 aromatic carbocycles. The van der Waals surface area contributed by atoms with E-state index in [4.69, 9.17) is 0 Å². The first-order valence-electron chi connectivity index (χ1n) is 7.82. The molecule has 0 fully saturated rings. The third kappa shape index (κ3) is 4.19. The summed E-state index contributed by atoms with van der Waals surface area (Å²) in [5.41, 5.74) is 1.56. The fourth-order valence-corrected chi connectivity index (χ4v) is 3.22. The van der Waals surface area contributed by atoms with Gasteiger partial charge in [0.1, 0.15) is 5.82 Å². The van der Waals surface area contributed by atoms with Crippen LogP contribution in [0.5, 0.6) is 0 Å². The predicted molar refractivity (Wildman–Crippen MR) is 97.5 cm³/mol. The second kappa shape index (κ2) is 7.40. The number of amides is 2. The number of fused-ring (bicyclic) bond motifs is 1. The van der Waals surface area contributed by atoms with Crippen LogP contribution in [0.3, 0.4) is 0 Å². The molecule has 2 amide bonds. The summed E-state index contributed by atoms with van der Waals surface area (Å²) in [4.78, 5) is 28.2. The van der Waals surface area contributed by atoms with Gasteiger partial charge >= 0.3 is 0 Å². The number of rotatable bonds is 5. The van der Waals surface area contributed by atoms with Crippen molar-refractivity contribution >= 4 is 44.2 Å². The Hall–Kier alpha value is -2.80. The van der Waals surface area contributed by atoms with Gasteiger partial charge in [-0.05, 0) is 42.8 Å². The smallest absolute Gasteiger partial charge is 0.255 e. The number of anilines is 2. The first-order valence-corrected chi connectivity index (χ1v) is 8.64. The molecular weight excluding hydrogens is 341 g/mol. The highest BCUT2D eigenvalue weighted by molar-refractivity contribution is 7.22. The molecule has 0 bridgehead atoms. The second-order valence-electron chi connectivity index (χ2n) is 5.46. The van der Waals surface area contributed by atoms with Gasteiger partial charge in [-0.3, -0.25) is 9.59 Å². The van der Waals surface area contributed by atoms with Crippen molar-refractivity contribution in [3.05, 3.63) is 53.8 Å². The van der Waals surface area contributed by atoms with E-state index in [1.807, 2.05) is 6.92 Å². The number of hydrogen-bond donors (Lipinski definition) is 2. The first kappa shape index (κ1) is 17.0. The molecule has 0 aliphatic rings. The summed E-state index contributed by atoms with van der Waals surface area (Å²) < 4.78 is 14.1. The molecule has 0 spiro atoms. The van der Waals surface area contributed by atoms with E-state index in [-0.39, 0.29) is 17.4 Å². The Bertz CT molecular complexity index is 939. The number of thiazole rings is 1. The average molecular weight is 357 g/mol. The van der Waals surface area contributed by atoms with Gasteiger partial charge in [-0.25, -0.2) is 9.37 Å². The lowest BCUT2D eigenvalue weighted by atomic mass is 10.2. The normalized spacial score (nSPS) is 10.6. The molecule has 1 heterocycles.